The summed E-state index contributed by atoms with van der Waals surface area (Å²) < 4.78 is 4.31. The lowest BCUT2D eigenvalue weighted by molar-refractivity contribution is -0.134. The Morgan fingerprint density at radius 3 is 3.00 bits per heavy atom. The van der Waals surface area contributed by atoms with E-state index in [0.29, 0.717) is 5.33 Å². The van der Waals surface area contributed by atoms with E-state index in [2.05, 4.69) is 20.7 Å². The van der Waals surface area contributed by atoms with Crippen LogP contribution in [0.15, 0.2) is 12.2 Å². The molecule has 0 atom stereocenters. The molecule has 0 aliphatic rings. The molecule has 0 heterocycles. The van der Waals surface area contributed by atoms with Crippen LogP contribution in [0, 0.1) is 0 Å². The Morgan fingerprint density at radius 1 is 2.00 bits per heavy atom. The highest BCUT2D eigenvalue weighted by Crippen LogP contribution is 1.82. The molecule has 0 saturated carbocycles. The van der Waals surface area contributed by atoms with Crippen LogP contribution in [0.1, 0.15) is 0 Å². The molecule has 0 radical (unpaired) electrons. The maximum absolute atomic E-state index is 10.2. The van der Waals surface area contributed by atoms with Gasteiger partial charge in [-0.3, -0.25) is 0 Å². The molecule has 2 nitrogen and oxygen atoms in total. The van der Waals surface area contributed by atoms with Gasteiger partial charge < -0.3 is 4.74 Å². The minimum absolute atomic E-state index is 0.315. The summed E-state index contributed by atoms with van der Waals surface area (Å²) in [5.41, 5.74) is 0. The van der Waals surface area contributed by atoms with Crippen molar-refractivity contribution in [3.05, 3.63) is 12.2 Å². The molecule has 0 spiro atoms. The van der Waals surface area contributed by atoms with E-state index in [4.69, 9.17) is 0 Å². The molecule has 8 heavy (non-hydrogen) atoms. The molecule has 0 unspecified atom stereocenters. The van der Waals surface area contributed by atoms with Crippen LogP contribution in [0.5, 0.6) is 0 Å². The van der Waals surface area contributed by atoms with Crippen LogP contribution in [0.3, 0.4) is 0 Å². The molecule has 0 saturated heterocycles. The molecule has 0 amide bonds. The third-order valence-corrected chi connectivity index (χ3v) is 0.918. The second-order valence-electron chi connectivity index (χ2n) is 1.08. The van der Waals surface area contributed by atoms with Crippen LogP contribution in [0.4, 0.5) is 0 Å². The molecule has 46 valence electrons. The van der Waals surface area contributed by atoms with Crippen molar-refractivity contribution in [2.75, 3.05) is 12.4 Å². The van der Waals surface area contributed by atoms with E-state index in [0.717, 1.165) is 0 Å². The predicted molar refractivity (Wildman–Crippen MR) is 34.9 cm³/mol. The lowest BCUT2D eigenvalue weighted by Crippen LogP contribution is -1.93. The Hall–Kier alpha value is -0.310. The highest BCUT2D eigenvalue weighted by Gasteiger charge is 1.86. The molecule has 0 N–H and O–H groups in total. The molecule has 0 aromatic rings. The lowest BCUT2D eigenvalue weighted by Gasteiger charge is -1.85. The first-order valence-electron chi connectivity index (χ1n) is 2.11. The summed E-state index contributed by atoms with van der Waals surface area (Å²) in [6.07, 6.45) is 3.04. The van der Waals surface area contributed by atoms with Crippen LogP contribution in [0.25, 0.3) is 0 Å². The Kier molecular flexibility index (Phi) is 4.65. The van der Waals surface area contributed by atoms with Crippen molar-refractivity contribution in [1.29, 1.82) is 0 Å². The highest BCUT2D eigenvalue weighted by molar-refractivity contribution is 9.09. The van der Waals surface area contributed by atoms with Crippen molar-refractivity contribution in [3.8, 4) is 0 Å². The zero-order valence-corrected chi connectivity index (χ0v) is 6.14. The van der Waals surface area contributed by atoms with Crippen molar-refractivity contribution in [1.82, 2.24) is 0 Å². The lowest BCUT2D eigenvalue weighted by atomic mass is 10.9. The summed E-state index contributed by atoms with van der Waals surface area (Å²) in [5, 5.41) is 0.683. The second kappa shape index (κ2) is 4.84. The zero-order valence-electron chi connectivity index (χ0n) is 4.56. The number of hydrogen-bond acceptors (Lipinski definition) is 2. The maximum Gasteiger partial charge on any atom is 0.330 e. The zero-order chi connectivity index (χ0) is 6.41. The molecule has 0 aromatic heterocycles. The quantitative estimate of drug-likeness (QED) is 0.364. The van der Waals surface area contributed by atoms with Crippen LogP contribution in [-0.2, 0) is 9.53 Å². The van der Waals surface area contributed by atoms with Gasteiger partial charge in [-0.05, 0) is 0 Å². The Labute approximate surface area is 56.7 Å². The molecule has 0 rings (SSSR count). The van der Waals surface area contributed by atoms with Gasteiger partial charge in [-0.2, -0.15) is 0 Å². The molecular weight excluding hydrogens is 176 g/mol. The first kappa shape index (κ1) is 7.69. The van der Waals surface area contributed by atoms with E-state index < -0.39 is 0 Å². The predicted octanol–water partition coefficient (Wildman–Crippen LogP) is 1.11. The van der Waals surface area contributed by atoms with Gasteiger partial charge in [0.1, 0.15) is 0 Å². The molecule has 0 fully saturated rings. The Bertz CT molecular complexity index is 98.6. The van der Waals surface area contributed by atoms with Crippen LogP contribution < -0.4 is 0 Å². The van der Waals surface area contributed by atoms with Crippen LogP contribution >= 0.6 is 15.9 Å². The second-order valence-corrected chi connectivity index (χ2v) is 1.73. The van der Waals surface area contributed by atoms with E-state index in [9.17, 15) is 4.79 Å². The van der Waals surface area contributed by atoms with Gasteiger partial charge in [-0.1, -0.05) is 22.0 Å². The van der Waals surface area contributed by atoms with Gasteiger partial charge >= 0.3 is 5.97 Å². The maximum atomic E-state index is 10.2. The molecular formula is C5H7BrO2. The van der Waals surface area contributed by atoms with Crippen LogP contribution in [-0.4, -0.2) is 18.4 Å². The van der Waals surface area contributed by atoms with Gasteiger partial charge in [0.05, 0.1) is 7.11 Å². The average Bonchev–Trinajstić information content (AvgIpc) is 1.83. The van der Waals surface area contributed by atoms with E-state index >= 15 is 0 Å². The number of hydrogen-bond donors (Lipinski definition) is 0. The molecule has 0 aromatic carbocycles. The van der Waals surface area contributed by atoms with E-state index in [1.165, 1.54) is 13.2 Å². The van der Waals surface area contributed by atoms with Gasteiger partial charge in [-0.15, -0.1) is 0 Å². The number of esters is 1. The SMILES string of the molecule is CO[14C](=O)/[14CH]=C/CBr. The van der Waals surface area contributed by atoms with Crippen molar-refractivity contribution in [2.24, 2.45) is 0 Å². The van der Waals surface area contributed by atoms with Gasteiger partial charge in [0, 0.05) is 11.4 Å². The average molecular weight is 183 g/mol. The molecule has 0 aliphatic carbocycles. The van der Waals surface area contributed by atoms with E-state index in [1.807, 2.05) is 0 Å². The third-order valence-electron chi connectivity index (χ3n) is 0.544. The summed E-state index contributed by atoms with van der Waals surface area (Å²) in [6, 6.07) is 0. The van der Waals surface area contributed by atoms with Crippen molar-refractivity contribution in [2.45, 2.75) is 0 Å². The number of alkyl halides is 1. The molecule has 0 bridgehead atoms. The fourth-order valence-corrected chi connectivity index (χ4v) is 0.396. The largest absolute Gasteiger partial charge is 0.466 e. The smallest absolute Gasteiger partial charge is 0.330 e. The van der Waals surface area contributed by atoms with Gasteiger partial charge in [-0.25, -0.2) is 4.79 Å². The number of methoxy groups -OCH3 is 1. The third kappa shape index (κ3) is 3.87. The first-order valence-corrected chi connectivity index (χ1v) is 3.24. The monoisotopic (exact) mass is 182 g/mol. The fourth-order valence-electron chi connectivity index (χ4n) is 0.209. The number of carbonyl (C=O) groups excluding carboxylic acids is 1. The summed E-state index contributed by atoms with van der Waals surface area (Å²) in [5.74, 6) is -0.315. The van der Waals surface area contributed by atoms with Crippen molar-refractivity contribution in [3.63, 3.8) is 0 Å². The van der Waals surface area contributed by atoms with Crippen molar-refractivity contribution >= 4 is 21.9 Å². The fraction of sp³-hybridized carbons (Fsp3) is 0.400. The highest BCUT2D eigenvalue weighted by atomic mass is 79.9. The number of allylic oxidation sites excluding steroid dienone is 1. The minimum atomic E-state index is -0.315. The summed E-state index contributed by atoms with van der Waals surface area (Å²) in [4.78, 5) is 10.2. The first-order chi connectivity index (χ1) is 3.81. The summed E-state index contributed by atoms with van der Waals surface area (Å²) >= 11 is 3.11. The Balaban J connectivity index is 3.37. The summed E-state index contributed by atoms with van der Waals surface area (Å²) in [7, 11) is 1.35. The minimum Gasteiger partial charge on any atom is -0.466 e. The molecule has 0 aliphatic heterocycles. The van der Waals surface area contributed by atoms with E-state index in [1.54, 1.807) is 6.08 Å². The molecule has 3 heteroatoms. The number of ether oxygens (including phenoxy) is 1. The number of carbonyl (C=O) groups is 1. The topological polar surface area (TPSA) is 26.3 Å². The normalized spacial score (nSPS) is 9.75. The van der Waals surface area contributed by atoms with Gasteiger partial charge in [0.15, 0.2) is 0 Å². The van der Waals surface area contributed by atoms with E-state index in [-0.39, 0.29) is 5.97 Å². The van der Waals surface area contributed by atoms with Gasteiger partial charge in [0.2, 0.25) is 0 Å². The number of rotatable bonds is 2. The van der Waals surface area contributed by atoms with Gasteiger partial charge in [0.25, 0.3) is 0 Å². The van der Waals surface area contributed by atoms with Crippen molar-refractivity contribution < 1.29 is 9.53 Å². The number of halogens is 1. The summed E-state index contributed by atoms with van der Waals surface area (Å²) in [6.45, 7) is 0. The van der Waals surface area contributed by atoms with Crippen LogP contribution in [0.2, 0.25) is 0 Å². The standard InChI is InChI=1S/C5H7BrO2/c1-8-5(7)3-2-4-6/h2-3H,4H2,1H3/b3-2+/i3+2,5+2. The Morgan fingerprint density at radius 2 is 2.62 bits per heavy atom.